The number of hydrogen-bond acceptors (Lipinski definition) is 2. The summed E-state index contributed by atoms with van der Waals surface area (Å²) in [6.45, 7) is 0.695. The minimum atomic E-state index is 0. The highest BCUT2D eigenvalue weighted by atomic mass is 35.5. The molecule has 15 heavy (non-hydrogen) atoms. The lowest BCUT2D eigenvalue weighted by Gasteiger charge is -2.00. The van der Waals surface area contributed by atoms with E-state index in [0.29, 0.717) is 6.54 Å². The van der Waals surface area contributed by atoms with Crippen LogP contribution in [0.15, 0.2) is 47.1 Å². The summed E-state index contributed by atoms with van der Waals surface area (Å²) in [5.41, 5.74) is 7.85. The Morgan fingerprint density at radius 2 is 1.80 bits per heavy atom. The quantitative estimate of drug-likeness (QED) is 0.869. The molecule has 1 aromatic heterocycles. The Balaban J connectivity index is 0.00000112. The summed E-state index contributed by atoms with van der Waals surface area (Å²) in [5, 5.41) is 0. The molecule has 80 valence electrons. The van der Waals surface area contributed by atoms with Crippen LogP contribution in [0.4, 0.5) is 0 Å². The minimum absolute atomic E-state index is 0. The van der Waals surface area contributed by atoms with Gasteiger partial charge in [0.15, 0.2) is 0 Å². The van der Waals surface area contributed by atoms with E-state index in [4.69, 9.17) is 10.2 Å². The van der Waals surface area contributed by atoms with Gasteiger partial charge in [-0.2, -0.15) is 0 Å². The lowest BCUT2D eigenvalue weighted by Crippen LogP contribution is -2.02. The fraction of sp³-hybridized carbons (Fsp3) is 0.167. The van der Waals surface area contributed by atoms with Gasteiger partial charge < -0.3 is 10.2 Å². The third kappa shape index (κ3) is 2.85. The van der Waals surface area contributed by atoms with Gasteiger partial charge in [-0.15, -0.1) is 12.4 Å². The van der Waals surface area contributed by atoms with Gasteiger partial charge in [0.05, 0.1) is 6.26 Å². The molecule has 2 rings (SSSR count). The van der Waals surface area contributed by atoms with Gasteiger partial charge in [-0.1, -0.05) is 24.3 Å². The summed E-state index contributed by atoms with van der Waals surface area (Å²) in [4.78, 5) is 0. The number of nitrogens with two attached hydrogens (primary N) is 1. The first kappa shape index (κ1) is 11.8. The van der Waals surface area contributed by atoms with Crippen molar-refractivity contribution in [3.63, 3.8) is 0 Å². The molecule has 0 aliphatic heterocycles. The molecule has 1 aromatic carbocycles. The Bertz CT molecular complexity index is 381. The zero-order valence-electron chi connectivity index (χ0n) is 8.35. The van der Waals surface area contributed by atoms with Gasteiger partial charge >= 0.3 is 0 Å². The fourth-order valence-corrected chi connectivity index (χ4v) is 1.45. The van der Waals surface area contributed by atoms with Gasteiger partial charge in [-0.05, 0) is 30.7 Å². The predicted molar refractivity (Wildman–Crippen MR) is 64.2 cm³/mol. The smallest absolute Gasteiger partial charge is 0.133 e. The third-order valence-electron chi connectivity index (χ3n) is 2.19. The Labute approximate surface area is 95.5 Å². The van der Waals surface area contributed by atoms with Crippen LogP contribution in [0.3, 0.4) is 0 Å². The molecule has 0 aliphatic carbocycles. The van der Waals surface area contributed by atoms with Gasteiger partial charge in [0.1, 0.15) is 5.76 Å². The molecule has 0 amide bonds. The summed E-state index contributed by atoms with van der Waals surface area (Å²) in [6, 6.07) is 12.1. The zero-order valence-corrected chi connectivity index (χ0v) is 9.17. The van der Waals surface area contributed by atoms with Gasteiger partial charge in [0.2, 0.25) is 0 Å². The maximum absolute atomic E-state index is 5.47. The fourth-order valence-electron chi connectivity index (χ4n) is 1.45. The van der Waals surface area contributed by atoms with Crippen LogP contribution in [-0.4, -0.2) is 6.54 Å². The summed E-state index contributed by atoms with van der Waals surface area (Å²) in [5.74, 6) is 0.907. The highest BCUT2D eigenvalue weighted by Crippen LogP contribution is 2.19. The van der Waals surface area contributed by atoms with E-state index in [2.05, 4.69) is 24.3 Å². The first-order valence-corrected chi connectivity index (χ1v) is 4.73. The average Bonchev–Trinajstić information content (AvgIpc) is 2.72. The molecular formula is C12H14ClNO. The lowest BCUT2D eigenvalue weighted by molar-refractivity contribution is 0.582. The van der Waals surface area contributed by atoms with E-state index in [1.807, 2.05) is 12.1 Å². The highest BCUT2D eigenvalue weighted by Gasteiger charge is 1.99. The van der Waals surface area contributed by atoms with Crippen LogP contribution >= 0.6 is 12.4 Å². The molecule has 0 saturated carbocycles. The van der Waals surface area contributed by atoms with E-state index in [1.54, 1.807) is 6.26 Å². The standard InChI is InChI=1S/C12H13NO.ClH/c13-8-7-10-3-5-11(6-4-10)12-2-1-9-14-12;/h1-6,9H,7-8,13H2;1H. The van der Waals surface area contributed by atoms with Crippen LogP contribution in [0.2, 0.25) is 0 Å². The maximum atomic E-state index is 5.47. The molecule has 0 fully saturated rings. The number of furan rings is 1. The minimum Gasteiger partial charge on any atom is -0.464 e. The maximum Gasteiger partial charge on any atom is 0.133 e. The van der Waals surface area contributed by atoms with E-state index in [-0.39, 0.29) is 12.4 Å². The Morgan fingerprint density at radius 1 is 1.07 bits per heavy atom. The van der Waals surface area contributed by atoms with Crippen LogP contribution in [0.5, 0.6) is 0 Å². The van der Waals surface area contributed by atoms with Gasteiger partial charge in [-0.3, -0.25) is 0 Å². The Morgan fingerprint density at radius 3 is 2.33 bits per heavy atom. The first-order valence-electron chi connectivity index (χ1n) is 4.73. The van der Waals surface area contributed by atoms with Crippen molar-refractivity contribution in [2.75, 3.05) is 6.54 Å². The van der Waals surface area contributed by atoms with Crippen molar-refractivity contribution in [2.24, 2.45) is 5.73 Å². The van der Waals surface area contributed by atoms with Crippen LogP contribution < -0.4 is 5.73 Å². The normalized spacial score (nSPS) is 9.67. The SMILES string of the molecule is Cl.NCCc1ccc(-c2ccco2)cc1. The Hall–Kier alpha value is -1.25. The van der Waals surface area contributed by atoms with Crippen LogP contribution in [-0.2, 0) is 6.42 Å². The van der Waals surface area contributed by atoms with Crippen molar-refractivity contribution in [1.29, 1.82) is 0 Å². The van der Waals surface area contributed by atoms with Gasteiger partial charge in [0.25, 0.3) is 0 Å². The number of halogens is 1. The first-order chi connectivity index (χ1) is 6.90. The summed E-state index contributed by atoms with van der Waals surface area (Å²) >= 11 is 0. The topological polar surface area (TPSA) is 39.2 Å². The van der Waals surface area contributed by atoms with Crippen molar-refractivity contribution < 1.29 is 4.42 Å². The molecule has 2 aromatic rings. The van der Waals surface area contributed by atoms with E-state index >= 15 is 0 Å². The molecule has 0 aliphatic rings. The molecule has 0 saturated heterocycles. The number of rotatable bonds is 3. The van der Waals surface area contributed by atoms with Crippen LogP contribution in [0.25, 0.3) is 11.3 Å². The number of hydrogen-bond donors (Lipinski definition) is 1. The van der Waals surface area contributed by atoms with Crippen molar-refractivity contribution in [3.05, 3.63) is 48.2 Å². The van der Waals surface area contributed by atoms with Crippen molar-refractivity contribution >= 4 is 12.4 Å². The third-order valence-corrected chi connectivity index (χ3v) is 2.19. The van der Waals surface area contributed by atoms with Gasteiger partial charge in [0, 0.05) is 5.56 Å². The van der Waals surface area contributed by atoms with E-state index in [9.17, 15) is 0 Å². The molecule has 0 spiro atoms. The van der Waals surface area contributed by atoms with Crippen LogP contribution in [0, 0.1) is 0 Å². The molecule has 1 heterocycles. The second kappa shape index (κ2) is 5.59. The van der Waals surface area contributed by atoms with Crippen molar-refractivity contribution in [2.45, 2.75) is 6.42 Å². The highest BCUT2D eigenvalue weighted by molar-refractivity contribution is 5.85. The van der Waals surface area contributed by atoms with Crippen LogP contribution in [0.1, 0.15) is 5.56 Å². The zero-order chi connectivity index (χ0) is 9.80. The summed E-state index contributed by atoms with van der Waals surface area (Å²) < 4.78 is 5.29. The van der Waals surface area contributed by atoms with E-state index in [0.717, 1.165) is 17.7 Å². The van der Waals surface area contributed by atoms with E-state index < -0.39 is 0 Å². The molecular weight excluding hydrogens is 210 g/mol. The molecule has 2 N–H and O–H groups in total. The Kier molecular flexibility index (Phi) is 4.40. The van der Waals surface area contributed by atoms with E-state index in [1.165, 1.54) is 5.56 Å². The lowest BCUT2D eigenvalue weighted by atomic mass is 10.1. The average molecular weight is 224 g/mol. The summed E-state index contributed by atoms with van der Waals surface area (Å²) in [6.07, 6.45) is 2.61. The molecule has 0 unspecified atom stereocenters. The predicted octanol–water partition coefficient (Wildman–Crippen LogP) is 2.87. The number of benzene rings is 1. The molecule has 3 heteroatoms. The molecule has 0 atom stereocenters. The molecule has 0 radical (unpaired) electrons. The molecule has 2 nitrogen and oxygen atoms in total. The van der Waals surface area contributed by atoms with Crippen molar-refractivity contribution in [3.8, 4) is 11.3 Å². The summed E-state index contributed by atoms with van der Waals surface area (Å²) in [7, 11) is 0. The second-order valence-electron chi connectivity index (χ2n) is 3.21. The van der Waals surface area contributed by atoms with Gasteiger partial charge in [-0.25, -0.2) is 0 Å². The van der Waals surface area contributed by atoms with Crippen molar-refractivity contribution in [1.82, 2.24) is 0 Å². The largest absolute Gasteiger partial charge is 0.464 e. The second-order valence-corrected chi connectivity index (χ2v) is 3.21. The molecule has 0 bridgehead atoms. The monoisotopic (exact) mass is 223 g/mol.